The molecule has 0 aliphatic carbocycles. The van der Waals surface area contributed by atoms with E-state index in [2.05, 4.69) is 28.9 Å². The van der Waals surface area contributed by atoms with E-state index in [-0.39, 0.29) is 24.3 Å². The number of amides is 2. The Morgan fingerprint density at radius 1 is 1.25 bits per heavy atom. The van der Waals surface area contributed by atoms with Crippen LogP contribution in [0, 0.1) is 5.92 Å². The Labute approximate surface area is 170 Å². The summed E-state index contributed by atoms with van der Waals surface area (Å²) < 4.78 is 6.04. The number of carbonyl (C=O) groups excluding carboxylic acids is 2. The van der Waals surface area contributed by atoms with Crippen LogP contribution in [0.4, 0.5) is 0 Å². The van der Waals surface area contributed by atoms with E-state index in [0.717, 1.165) is 11.1 Å². The fraction of sp³-hybridized carbons (Fsp3) is 0.455. The van der Waals surface area contributed by atoms with Gasteiger partial charge in [-0.3, -0.25) is 9.59 Å². The van der Waals surface area contributed by atoms with Gasteiger partial charge in [-0.15, -0.1) is 11.3 Å². The third kappa shape index (κ3) is 4.45. The lowest BCUT2D eigenvalue weighted by molar-refractivity contribution is -0.167. The summed E-state index contributed by atoms with van der Waals surface area (Å²) in [6.07, 6.45) is 0.436. The maximum atomic E-state index is 12.9. The number of rotatable bonds is 6. The number of nitrogens with one attached hydrogen (secondary N) is 1. The standard InChI is InChI=1S/C22H28N2O3S/c1-4-23-21(26)22(15-24(11-12-27-22)20(25)16(2)3)14-17-7-9-18(10-8-17)19-6-5-13-28-19/h5-10,13,16H,4,11-12,14-15H2,1-3H3,(H,23,26)/t22-/m1/s1. The lowest BCUT2D eigenvalue weighted by Crippen LogP contribution is -2.62. The van der Waals surface area contributed by atoms with Gasteiger partial charge in [0.05, 0.1) is 13.2 Å². The molecule has 2 aromatic rings. The zero-order valence-electron chi connectivity index (χ0n) is 16.7. The summed E-state index contributed by atoms with van der Waals surface area (Å²) in [6, 6.07) is 12.4. The van der Waals surface area contributed by atoms with Gasteiger partial charge in [0.25, 0.3) is 5.91 Å². The zero-order chi connectivity index (χ0) is 20.1. The number of hydrogen-bond acceptors (Lipinski definition) is 4. The molecule has 1 aromatic carbocycles. The molecule has 0 spiro atoms. The summed E-state index contributed by atoms with van der Waals surface area (Å²) in [4.78, 5) is 28.5. The van der Waals surface area contributed by atoms with Crippen LogP contribution >= 0.6 is 11.3 Å². The molecule has 0 radical (unpaired) electrons. The fourth-order valence-corrected chi connectivity index (χ4v) is 4.28. The van der Waals surface area contributed by atoms with Gasteiger partial charge in [0, 0.05) is 30.3 Å². The van der Waals surface area contributed by atoms with E-state index in [0.29, 0.717) is 26.1 Å². The average Bonchev–Trinajstić information content (AvgIpc) is 3.23. The van der Waals surface area contributed by atoms with E-state index < -0.39 is 5.60 Å². The zero-order valence-corrected chi connectivity index (χ0v) is 17.6. The lowest BCUT2D eigenvalue weighted by atomic mass is 9.90. The maximum Gasteiger partial charge on any atom is 0.254 e. The molecule has 6 heteroatoms. The first kappa shape index (κ1) is 20.6. The minimum atomic E-state index is -1.05. The minimum Gasteiger partial charge on any atom is -0.361 e. The second-order valence-electron chi connectivity index (χ2n) is 7.47. The number of ether oxygens (including phenoxy) is 1. The molecule has 1 N–H and O–H groups in total. The van der Waals surface area contributed by atoms with Crippen molar-refractivity contribution in [2.75, 3.05) is 26.2 Å². The molecular weight excluding hydrogens is 372 g/mol. The van der Waals surface area contributed by atoms with E-state index in [9.17, 15) is 9.59 Å². The van der Waals surface area contributed by atoms with Gasteiger partial charge in [-0.1, -0.05) is 44.2 Å². The minimum absolute atomic E-state index is 0.0602. The molecule has 1 saturated heterocycles. The summed E-state index contributed by atoms with van der Waals surface area (Å²) in [6.45, 7) is 7.35. The van der Waals surface area contributed by atoms with Crippen molar-refractivity contribution in [1.29, 1.82) is 0 Å². The highest BCUT2D eigenvalue weighted by atomic mass is 32.1. The molecule has 0 unspecified atom stereocenters. The Bertz CT molecular complexity index is 802. The van der Waals surface area contributed by atoms with Gasteiger partial charge in [0.2, 0.25) is 5.91 Å². The molecule has 1 atom stereocenters. The largest absolute Gasteiger partial charge is 0.361 e. The number of nitrogens with zero attached hydrogens (tertiary/aromatic N) is 1. The molecule has 1 aromatic heterocycles. The second kappa shape index (κ2) is 8.88. The van der Waals surface area contributed by atoms with Gasteiger partial charge in [-0.25, -0.2) is 0 Å². The number of likely N-dealkylation sites (N-methyl/N-ethyl adjacent to an activating group) is 1. The Kier molecular flexibility index (Phi) is 6.52. The Morgan fingerprint density at radius 2 is 2.00 bits per heavy atom. The number of carbonyl (C=O) groups is 2. The Hall–Kier alpha value is -2.18. The summed E-state index contributed by atoms with van der Waals surface area (Å²) >= 11 is 1.70. The van der Waals surface area contributed by atoms with Crippen molar-refractivity contribution < 1.29 is 14.3 Å². The molecule has 28 heavy (non-hydrogen) atoms. The number of benzene rings is 1. The highest BCUT2D eigenvalue weighted by Crippen LogP contribution is 2.28. The van der Waals surface area contributed by atoms with Crippen molar-refractivity contribution in [3.63, 3.8) is 0 Å². The SMILES string of the molecule is CCNC(=O)[C@@]1(Cc2ccc(-c3cccs3)cc2)CN(C(=O)C(C)C)CCO1. The molecule has 0 saturated carbocycles. The van der Waals surface area contributed by atoms with Crippen molar-refractivity contribution >= 4 is 23.2 Å². The summed E-state index contributed by atoms with van der Waals surface area (Å²) in [5.41, 5.74) is 1.13. The topological polar surface area (TPSA) is 58.6 Å². The molecule has 1 aliphatic rings. The van der Waals surface area contributed by atoms with Gasteiger partial charge >= 0.3 is 0 Å². The van der Waals surface area contributed by atoms with Crippen LogP contribution in [-0.2, 0) is 20.7 Å². The Morgan fingerprint density at radius 3 is 2.61 bits per heavy atom. The molecule has 1 fully saturated rings. The first-order chi connectivity index (χ1) is 13.4. The predicted octanol–water partition coefficient (Wildman–Crippen LogP) is 3.35. The van der Waals surface area contributed by atoms with Crippen LogP contribution < -0.4 is 5.32 Å². The molecule has 5 nitrogen and oxygen atoms in total. The second-order valence-corrected chi connectivity index (χ2v) is 8.42. The number of morpholine rings is 1. The predicted molar refractivity (Wildman–Crippen MR) is 112 cm³/mol. The van der Waals surface area contributed by atoms with E-state index >= 15 is 0 Å². The molecule has 1 aliphatic heterocycles. The van der Waals surface area contributed by atoms with Gasteiger partial charge in [0.15, 0.2) is 5.60 Å². The van der Waals surface area contributed by atoms with E-state index in [4.69, 9.17) is 4.74 Å². The normalized spacial score (nSPS) is 19.6. The van der Waals surface area contributed by atoms with Crippen LogP contribution in [0.1, 0.15) is 26.3 Å². The average molecular weight is 401 g/mol. The maximum absolute atomic E-state index is 12.9. The van der Waals surface area contributed by atoms with Gasteiger partial charge in [0.1, 0.15) is 0 Å². The lowest BCUT2D eigenvalue weighted by Gasteiger charge is -2.42. The molecule has 0 bridgehead atoms. The van der Waals surface area contributed by atoms with Gasteiger partial charge < -0.3 is 15.0 Å². The van der Waals surface area contributed by atoms with Crippen molar-refractivity contribution in [2.45, 2.75) is 32.8 Å². The van der Waals surface area contributed by atoms with Gasteiger partial charge in [-0.05, 0) is 29.5 Å². The van der Waals surface area contributed by atoms with E-state index in [1.54, 1.807) is 16.2 Å². The molecule has 150 valence electrons. The van der Waals surface area contributed by atoms with Crippen molar-refractivity contribution in [3.05, 3.63) is 47.3 Å². The van der Waals surface area contributed by atoms with Crippen LogP contribution in [0.25, 0.3) is 10.4 Å². The molecule has 3 rings (SSSR count). The fourth-order valence-electron chi connectivity index (χ4n) is 3.54. The first-order valence-corrected chi connectivity index (χ1v) is 10.7. The van der Waals surface area contributed by atoms with Crippen LogP contribution in [0.5, 0.6) is 0 Å². The quantitative estimate of drug-likeness (QED) is 0.809. The third-order valence-electron chi connectivity index (χ3n) is 4.99. The molecule has 2 heterocycles. The molecule has 2 amide bonds. The smallest absolute Gasteiger partial charge is 0.254 e. The van der Waals surface area contributed by atoms with Crippen LogP contribution in [-0.4, -0.2) is 48.6 Å². The van der Waals surface area contributed by atoms with Crippen LogP contribution in [0.2, 0.25) is 0 Å². The molecular formula is C22H28N2O3S. The highest BCUT2D eigenvalue weighted by Gasteiger charge is 2.45. The Balaban J connectivity index is 1.83. The summed E-state index contributed by atoms with van der Waals surface area (Å²) in [7, 11) is 0. The first-order valence-electron chi connectivity index (χ1n) is 9.79. The highest BCUT2D eigenvalue weighted by molar-refractivity contribution is 7.13. The van der Waals surface area contributed by atoms with Crippen molar-refractivity contribution in [3.8, 4) is 10.4 Å². The monoisotopic (exact) mass is 400 g/mol. The summed E-state index contributed by atoms with van der Waals surface area (Å²) in [5.74, 6) is -0.196. The van der Waals surface area contributed by atoms with Crippen LogP contribution in [0.3, 0.4) is 0 Å². The van der Waals surface area contributed by atoms with E-state index in [1.165, 1.54) is 4.88 Å². The van der Waals surface area contributed by atoms with Crippen LogP contribution in [0.15, 0.2) is 41.8 Å². The summed E-state index contributed by atoms with van der Waals surface area (Å²) in [5, 5.41) is 4.96. The number of hydrogen-bond donors (Lipinski definition) is 1. The van der Waals surface area contributed by atoms with Crippen molar-refractivity contribution in [2.24, 2.45) is 5.92 Å². The van der Waals surface area contributed by atoms with Gasteiger partial charge in [-0.2, -0.15) is 0 Å². The van der Waals surface area contributed by atoms with E-state index in [1.807, 2.05) is 39.0 Å². The number of thiophene rings is 1. The third-order valence-corrected chi connectivity index (χ3v) is 5.91. The van der Waals surface area contributed by atoms with Crippen molar-refractivity contribution in [1.82, 2.24) is 10.2 Å².